The molecular weight excluding hydrogens is 313 g/mol. The number of halogens is 3. The van der Waals surface area contributed by atoms with Crippen molar-refractivity contribution in [2.75, 3.05) is 13.1 Å². The number of nitrogens with one attached hydrogen (secondary N) is 2. The zero-order chi connectivity index (χ0) is 15.7. The van der Waals surface area contributed by atoms with E-state index in [0.29, 0.717) is 13.1 Å². The number of benzene rings is 1. The summed E-state index contributed by atoms with van der Waals surface area (Å²) in [6, 6.07) is 3.57. The molecule has 1 aromatic carbocycles. The summed E-state index contributed by atoms with van der Waals surface area (Å²) in [5.41, 5.74) is 0. The molecule has 1 aliphatic heterocycles. The normalized spacial score (nSPS) is 16.1. The molecule has 116 valence electrons. The third kappa shape index (κ3) is 4.08. The van der Waals surface area contributed by atoms with E-state index >= 15 is 0 Å². The predicted octanol–water partition coefficient (Wildman–Crippen LogP) is 0.609. The first-order chi connectivity index (χ1) is 9.67. The van der Waals surface area contributed by atoms with E-state index in [1.54, 1.807) is 0 Å². The van der Waals surface area contributed by atoms with E-state index in [9.17, 15) is 26.4 Å². The maximum Gasteiger partial charge on any atom is 0.573 e. The fraction of sp³-hybridized carbons (Fsp3) is 0.364. The van der Waals surface area contributed by atoms with E-state index in [0.717, 1.165) is 24.3 Å². The molecule has 0 saturated carbocycles. The van der Waals surface area contributed by atoms with Crippen molar-refractivity contribution in [3.05, 3.63) is 24.3 Å². The van der Waals surface area contributed by atoms with Crippen molar-refractivity contribution in [2.45, 2.75) is 11.3 Å². The van der Waals surface area contributed by atoms with Crippen molar-refractivity contribution >= 4 is 15.9 Å². The van der Waals surface area contributed by atoms with Crippen LogP contribution >= 0.6 is 0 Å². The maximum absolute atomic E-state index is 12.0. The van der Waals surface area contributed by atoms with Gasteiger partial charge in [-0.2, -0.15) is 0 Å². The van der Waals surface area contributed by atoms with Crippen LogP contribution in [0.5, 0.6) is 5.75 Å². The SMILES string of the molecule is O=C(NS(=O)(=O)c1ccc(OC(F)(F)F)cc1)C1CNC1. The molecule has 1 amide bonds. The lowest BCUT2D eigenvalue weighted by Crippen LogP contribution is -2.51. The summed E-state index contributed by atoms with van der Waals surface area (Å²) >= 11 is 0. The highest BCUT2D eigenvalue weighted by Gasteiger charge is 2.32. The van der Waals surface area contributed by atoms with Crippen LogP contribution in [-0.2, 0) is 14.8 Å². The number of amides is 1. The Balaban J connectivity index is 2.07. The molecule has 1 aliphatic rings. The molecule has 10 heteroatoms. The van der Waals surface area contributed by atoms with Crippen LogP contribution in [0.3, 0.4) is 0 Å². The van der Waals surface area contributed by atoms with Crippen molar-refractivity contribution in [3.63, 3.8) is 0 Å². The highest BCUT2D eigenvalue weighted by Crippen LogP contribution is 2.23. The second kappa shape index (κ2) is 5.53. The van der Waals surface area contributed by atoms with Crippen LogP contribution in [0.25, 0.3) is 0 Å². The summed E-state index contributed by atoms with van der Waals surface area (Å²) in [6.45, 7) is 0.777. The van der Waals surface area contributed by atoms with Gasteiger partial charge in [0.05, 0.1) is 10.8 Å². The fourth-order valence-electron chi connectivity index (χ4n) is 1.57. The van der Waals surface area contributed by atoms with Gasteiger partial charge in [0.25, 0.3) is 10.0 Å². The van der Waals surface area contributed by atoms with Gasteiger partial charge in [-0.05, 0) is 24.3 Å². The monoisotopic (exact) mass is 324 g/mol. The number of hydrogen-bond acceptors (Lipinski definition) is 5. The van der Waals surface area contributed by atoms with Crippen molar-refractivity contribution in [2.24, 2.45) is 5.92 Å². The third-order valence-corrected chi connectivity index (χ3v) is 4.12. The Labute approximate surface area is 118 Å². The van der Waals surface area contributed by atoms with Gasteiger partial charge in [0.1, 0.15) is 5.75 Å². The number of sulfonamides is 1. The van der Waals surface area contributed by atoms with E-state index in [1.165, 1.54) is 0 Å². The first kappa shape index (κ1) is 15.6. The van der Waals surface area contributed by atoms with Crippen molar-refractivity contribution < 1.29 is 31.1 Å². The molecule has 2 rings (SSSR count). The Bertz CT molecular complexity index is 624. The average molecular weight is 324 g/mol. The van der Waals surface area contributed by atoms with Crippen LogP contribution in [0.1, 0.15) is 0 Å². The fourth-order valence-corrected chi connectivity index (χ4v) is 2.61. The van der Waals surface area contributed by atoms with Crippen molar-refractivity contribution in [3.8, 4) is 5.75 Å². The molecule has 21 heavy (non-hydrogen) atoms. The van der Waals surface area contributed by atoms with Gasteiger partial charge in [0.2, 0.25) is 5.91 Å². The summed E-state index contributed by atoms with van der Waals surface area (Å²) < 4.78 is 65.2. The van der Waals surface area contributed by atoms with Crippen LogP contribution < -0.4 is 14.8 Å². The second-order valence-electron chi connectivity index (χ2n) is 4.34. The minimum absolute atomic E-state index is 0.322. The van der Waals surface area contributed by atoms with Gasteiger partial charge in [-0.1, -0.05) is 0 Å². The van der Waals surface area contributed by atoms with Crippen LogP contribution in [0.2, 0.25) is 0 Å². The lowest BCUT2D eigenvalue weighted by atomic mass is 10.0. The Hall–Kier alpha value is -1.81. The molecule has 0 bridgehead atoms. The molecule has 1 fully saturated rings. The average Bonchev–Trinajstić information content (AvgIpc) is 2.23. The topological polar surface area (TPSA) is 84.5 Å². The summed E-state index contributed by atoms with van der Waals surface area (Å²) in [7, 11) is -4.11. The Morgan fingerprint density at radius 2 is 1.81 bits per heavy atom. The number of rotatable bonds is 4. The Kier molecular flexibility index (Phi) is 4.10. The van der Waals surface area contributed by atoms with Gasteiger partial charge < -0.3 is 10.1 Å². The standard InChI is InChI=1S/C11H11F3N2O4S/c12-11(13,14)20-8-1-3-9(4-2-8)21(18,19)16-10(17)7-5-15-6-7/h1-4,7,15H,5-6H2,(H,16,17). The van der Waals surface area contributed by atoms with Crippen LogP contribution in [0.4, 0.5) is 13.2 Å². The first-order valence-corrected chi connectivity index (χ1v) is 7.29. The number of carbonyl (C=O) groups is 1. The van der Waals surface area contributed by atoms with Gasteiger partial charge in [-0.25, -0.2) is 13.1 Å². The molecule has 0 spiro atoms. The van der Waals surface area contributed by atoms with Crippen molar-refractivity contribution in [1.82, 2.24) is 10.0 Å². The molecule has 1 aromatic rings. The van der Waals surface area contributed by atoms with E-state index < -0.39 is 34.0 Å². The molecule has 6 nitrogen and oxygen atoms in total. The minimum Gasteiger partial charge on any atom is -0.406 e. The maximum atomic E-state index is 12.0. The molecule has 0 radical (unpaired) electrons. The van der Waals surface area contributed by atoms with E-state index in [4.69, 9.17) is 0 Å². The molecule has 0 unspecified atom stereocenters. The number of carbonyl (C=O) groups excluding carboxylic acids is 1. The summed E-state index contributed by atoms with van der Waals surface area (Å²) in [6.07, 6.45) is -4.86. The molecular formula is C11H11F3N2O4S. The molecule has 1 saturated heterocycles. The highest BCUT2D eigenvalue weighted by molar-refractivity contribution is 7.90. The molecule has 0 atom stereocenters. The van der Waals surface area contributed by atoms with E-state index in [2.05, 4.69) is 10.1 Å². The van der Waals surface area contributed by atoms with E-state index in [-0.39, 0.29) is 4.90 Å². The summed E-state index contributed by atoms with van der Waals surface area (Å²) in [5.74, 6) is -1.62. The summed E-state index contributed by atoms with van der Waals surface area (Å²) in [4.78, 5) is 11.2. The lowest BCUT2D eigenvalue weighted by Gasteiger charge is -2.25. The number of hydrogen-bond donors (Lipinski definition) is 2. The zero-order valence-electron chi connectivity index (χ0n) is 10.5. The largest absolute Gasteiger partial charge is 0.573 e. The molecule has 2 N–H and O–H groups in total. The van der Waals surface area contributed by atoms with Crippen LogP contribution in [0, 0.1) is 5.92 Å². The number of ether oxygens (including phenoxy) is 1. The Morgan fingerprint density at radius 1 is 1.24 bits per heavy atom. The van der Waals surface area contributed by atoms with Crippen molar-refractivity contribution in [1.29, 1.82) is 0 Å². The quantitative estimate of drug-likeness (QED) is 0.848. The predicted molar refractivity (Wildman–Crippen MR) is 64.8 cm³/mol. The highest BCUT2D eigenvalue weighted by atomic mass is 32.2. The summed E-state index contributed by atoms with van der Waals surface area (Å²) in [5, 5.41) is 2.82. The Morgan fingerprint density at radius 3 is 2.24 bits per heavy atom. The van der Waals surface area contributed by atoms with Gasteiger partial charge in [0.15, 0.2) is 0 Å². The third-order valence-electron chi connectivity index (χ3n) is 2.75. The van der Waals surface area contributed by atoms with Crippen LogP contribution in [-0.4, -0.2) is 33.8 Å². The van der Waals surface area contributed by atoms with E-state index in [1.807, 2.05) is 4.72 Å². The smallest absolute Gasteiger partial charge is 0.406 e. The minimum atomic E-state index is -4.86. The van der Waals surface area contributed by atoms with Gasteiger partial charge in [-0.15, -0.1) is 13.2 Å². The lowest BCUT2D eigenvalue weighted by molar-refractivity contribution is -0.274. The van der Waals surface area contributed by atoms with Gasteiger partial charge >= 0.3 is 6.36 Å². The van der Waals surface area contributed by atoms with Gasteiger partial charge in [-0.3, -0.25) is 4.79 Å². The second-order valence-corrected chi connectivity index (χ2v) is 6.03. The van der Waals surface area contributed by atoms with Gasteiger partial charge in [0, 0.05) is 13.1 Å². The first-order valence-electron chi connectivity index (χ1n) is 5.80. The molecule has 0 aromatic heterocycles. The molecule has 0 aliphatic carbocycles. The zero-order valence-corrected chi connectivity index (χ0v) is 11.3. The van der Waals surface area contributed by atoms with Crippen LogP contribution in [0.15, 0.2) is 29.2 Å². The number of alkyl halides is 3. The molecule has 1 heterocycles.